The Hall–Kier alpha value is -0.980. The summed E-state index contributed by atoms with van der Waals surface area (Å²) in [5.74, 6) is 0.928. The van der Waals surface area contributed by atoms with Gasteiger partial charge in [0.05, 0.1) is 0 Å². The van der Waals surface area contributed by atoms with Crippen molar-refractivity contribution in [1.29, 1.82) is 0 Å². The van der Waals surface area contributed by atoms with Crippen molar-refractivity contribution in [2.75, 3.05) is 0 Å². The molecule has 1 heterocycles. The van der Waals surface area contributed by atoms with Gasteiger partial charge in [0.2, 0.25) is 0 Å². The minimum absolute atomic E-state index is 0.0276. The second-order valence-corrected chi connectivity index (χ2v) is 3.56. The van der Waals surface area contributed by atoms with E-state index >= 15 is 0 Å². The zero-order valence-electron chi connectivity index (χ0n) is 6.85. The molecule has 0 aromatic heterocycles. The Labute approximate surface area is 67.0 Å². The lowest BCUT2D eigenvalue weighted by molar-refractivity contribution is 0.138. The van der Waals surface area contributed by atoms with Crippen LogP contribution in [0.3, 0.4) is 0 Å². The van der Waals surface area contributed by atoms with Crippen LogP contribution in [0.15, 0.2) is 18.2 Å². The average molecular weight is 147 g/mol. The predicted octanol–water partition coefficient (Wildman–Crippen LogP) is 2.20. The molecular formula is C10H11O. The maximum Gasteiger partial charge on any atom is 0.131 e. The molecule has 0 saturated heterocycles. The quantitative estimate of drug-likeness (QED) is 0.546. The summed E-state index contributed by atoms with van der Waals surface area (Å²) in [4.78, 5) is 0. The van der Waals surface area contributed by atoms with Crippen molar-refractivity contribution in [2.45, 2.75) is 25.9 Å². The van der Waals surface area contributed by atoms with Crippen molar-refractivity contribution in [1.82, 2.24) is 0 Å². The Morgan fingerprint density at radius 2 is 2.36 bits per heavy atom. The number of hydrogen-bond acceptors (Lipinski definition) is 1. The van der Waals surface area contributed by atoms with Crippen LogP contribution in [-0.4, -0.2) is 5.60 Å². The molecule has 1 heteroatoms. The molecule has 1 aromatic rings. The van der Waals surface area contributed by atoms with Crippen LogP contribution in [0.2, 0.25) is 0 Å². The molecule has 1 aromatic carbocycles. The number of benzene rings is 1. The highest BCUT2D eigenvalue weighted by Gasteiger charge is 2.29. The third-order valence-electron chi connectivity index (χ3n) is 1.89. The summed E-state index contributed by atoms with van der Waals surface area (Å²) in [6.07, 6.45) is 1.000. The lowest BCUT2D eigenvalue weighted by Crippen LogP contribution is -2.24. The molecule has 0 atom stereocenters. The fraction of sp³-hybridized carbons (Fsp3) is 0.400. The molecule has 0 saturated carbocycles. The molecule has 2 rings (SSSR count). The molecule has 0 spiro atoms. The van der Waals surface area contributed by atoms with Crippen LogP contribution in [0.5, 0.6) is 5.75 Å². The van der Waals surface area contributed by atoms with E-state index in [2.05, 4.69) is 26.0 Å². The first kappa shape index (κ1) is 6.71. The maximum atomic E-state index is 5.64. The third kappa shape index (κ3) is 1.11. The van der Waals surface area contributed by atoms with Crippen LogP contribution in [0, 0.1) is 6.07 Å². The zero-order chi connectivity index (χ0) is 7.90. The summed E-state index contributed by atoms with van der Waals surface area (Å²) in [7, 11) is 0. The van der Waals surface area contributed by atoms with Gasteiger partial charge in [0.1, 0.15) is 11.4 Å². The van der Waals surface area contributed by atoms with E-state index in [0.717, 1.165) is 12.2 Å². The fourth-order valence-electron chi connectivity index (χ4n) is 1.46. The van der Waals surface area contributed by atoms with E-state index in [-0.39, 0.29) is 5.60 Å². The molecular weight excluding hydrogens is 136 g/mol. The Morgan fingerprint density at radius 3 is 3.09 bits per heavy atom. The van der Waals surface area contributed by atoms with E-state index < -0.39 is 0 Å². The summed E-state index contributed by atoms with van der Waals surface area (Å²) in [6.45, 7) is 4.20. The predicted molar refractivity (Wildman–Crippen MR) is 43.7 cm³/mol. The van der Waals surface area contributed by atoms with E-state index in [0.29, 0.717) is 0 Å². The smallest absolute Gasteiger partial charge is 0.131 e. The highest BCUT2D eigenvalue weighted by molar-refractivity contribution is 5.37. The molecule has 57 valence electrons. The first-order chi connectivity index (χ1) is 5.17. The number of hydrogen-bond donors (Lipinski definition) is 0. The largest absolute Gasteiger partial charge is 0.487 e. The number of fused-ring (bicyclic) bond motifs is 1. The summed E-state index contributed by atoms with van der Waals surface area (Å²) < 4.78 is 5.64. The first-order valence-electron chi connectivity index (χ1n) is 3.86. The zero-order valence-corrected chi connectivity index (χ0v) is 6.85. The van der Waals surface area contributed by atoms with Gasteiger partial charge < -0.3 is 4.74 Å². The van der Waals surface area contributed by atoms with Gasteiger partial charge in [0.25, 0.3) is 0 Å². The average Bonchev–Trinajstić information content (AvgIpc) is 2.21. The van der Waals surface area contributed by atoms with Crippen molar-refractivity contribution in [3.63, 3.8) is 0 Å². The molecule has 0 N–H and O–H groups in total. The highest BCUT2D eigenvalue weighted by atomic mass is 16.5. The van der Waals surface area contributed by atoms with Crippen molar-refractivity contribution >= 4 is 0 Å². The third-order valence-corrected chi connectivity index (χ3v) is 1.89. The summed E-state index contributed by atoms with van der Waals surface area (Å²) >= 11 is 0. The first-order valence-corrected chi connectivity index (χ1v) is 3.86. The Kier molecular flexibility index (Phi) is 1.22. The van der Waals surface area contributed by atoms with Crippen LogP contribution in [0.4, 0.5) is 0 Å². The van der Waals surface area contributed by atoms with Crippen molar-refractivity contribution in [3.8, 4) is 5.75 Å². The van der Waals surface area contributed by atoms with E-state index in [9.17, 15) is 0 Å². The van der Waals surface area contributed by atoms with Crippen LogP contribution in [0.25, 0.3) is 0 Å². The molecule has 0 amide bonds. The highest BCUT2D eigenvalue weighted by Crippen LogP contribution is 2.33. The van der Waals surface area contributed by atoms with Gasteiger partial charge in [0.15, 0.2) is 0 Å². The van der Waals surface area contributed by atoms with Gasteiger partial charge in [-0.05, 0) is 19.4 Å². The van der Waals surface area contributed by atoms with Gasteiger partial charge in [-0.1, -0.05) is 18.2 Å². The van der Waals surface area contributed by atoms with E-state index in [4.69, 9.17) is 4.74 Å². The van der Waals surface area contributed by atoms with Crippen LogP contribution < -0.4 is 4.74 Å². The molecule has 1 nitrogen and oxygen atoms in total. The van der Waals surface area contributed by atoms with E-state index in [1.165, 1.54) is 5.56 Å². The standard InChI is InChI=1S/C10H11O/c1-10(2)7-8-5-3-4-6-9(8)11-10/h3-5H,7H2,1-2H3. The fourth-order valence-corrected chi connectivity index (χ4v) is 1.46. The summed E-state index contributed by atoms with van der Waals surface area (Å²) in [6, 6.07) is 9.07. The van der Waals surface area contributed by atoms with Gasteiger partial charge in [0, 0.05) is 12.5 Å². The molecule has 1 aliphatic rings. The van der Waals surface area contributed by atoms with Gasteiger partial charge >= 0.3 is 0 Å². The van der Waals surface area contributed by atoms with Crippen LogP contribution in [0.1, 0.15) is 19.4 Å². The number of rotatable bonds is 0. The summed E-state index contributed by atoms with van der Waals surface area (Å²) in [5.41, 5.74) is 1.25. The molecule has 11 heavy (non-hydrogen) atoms. The summed E-state index contributed by atoms with van der Waals surface area (Å²) in [5, 5.41) is 0. The maximum absolute atomic E-state index is 5.64. The van der Waals surface area contributed by atoms with Gasteiger partial charge in [-0.2, -0.15) is 0 Å². The van der Waals surface area contributed by atoms with Gasteiger partial charge in [-0.15, -0.1) is 0 Å². The Balaban J connectivity index is 2.41. The molecule has 1 aliphatic heterocycles. The second-order valence-electron chi connectivity index (χ2n) is 3.56. The van der Waals surface area contributed by atoms with Gasteiger partial charge in [-0.25, -0.2) is 0 Å². The normalized spacial score (nSPS) is 19.1. The van der Waals surface area contributed by atoms with Crippen molar-refractivity contribution < 1.29 is 4.74 Å². The SMILES string of the molecule is CC1(C)Cc2ccc[c]c2O1. The Bertz CT molecular complexity index is 249. The molecule has 0 bridgehead atoms. The van der Waals surface area contributed by atoms with Crippen LogP contribution >= 0.6 is 0 Å². The lowest BCUT2D eigenvalue weighted by atomic mass is 10.0. The number of para-hydroxylation sites is 1. The van der Waals surface area contributed by atoms with Gasteiger partial charge in [-0.3, -0.25) is 0 Å². The lowest BCUT2D eigenvalue weighted by Gasteiger charge is -2.16. The molecule has 1 radical (unpaired) electrons. The Morgan fingerprint density at radius 1 is 1.55 bits per heavy atom. The topological polar surface area (TPSA) is 9.23 Å². The minimum atomic E-state index is -0.0276. The monoisotopic (exact) mass is 147 g/mol. The molecule has 0 unspecified atom stereocenters. The molecule has 0 aliphatic carbocycles. The minimum Gasteiger partial charge on any atom is -0.487 e. The van der Waals surface area contributed by atoms with E-state index in [1.807, 2.05) is 12.1 Å². The number of ether oxygens (including phenoxy) is 1. The van der Waals surface area contributed by atoms with Crippen molar-refractivity contribution in [3.05, 3.63) is 29.8 Å². The molecule has 0 fully saturated rings. The van der Waals surface area contributed by atoms with E-state index in [1.54, 1.807) is 0 Å². The van der Waals surface area contributed by atoms with Crippen molar-refractivity contribution in [2.24, 2.45) is 0 Å². The second kappa shape index (κ2) is 2.00. The van der Waals surface area contributed by atoms with Crippen LogP contribution in [-0.2, 0) is 6.42 Å².